The van der Waals surface area contributed by atoms with Crippen molar-refractivity contribution in [3.63, 3.8) is 0 Å². The minimum absolute atomic E-state index is 0.412. The van der Waals surface area contributed by atoms with Gasteiger partial charge in [0.05, 0.1) is 6.21 Å². The van der Waals surface area contributed by atoms with Crippen LogP contribution in [0.2, 0.25) is 0 Å². The molecule has 0 amide bonds. The molecule has 0 aliphatic carbocycles. The summed E-state index contributed by atoms with van der Waals surface area (Å²) >= 11 is 0. The molecule has 0 fully saturated rings. The molecule has 3 heteroatoms. The maximum atomic E-state index is 5.95. The van der Waals surface area contributed by atoms with Gasteiger partial charge < -0.3 is 10.6 Å². The third-order valence-electron chi connectivity index (χ3n) is 2.65. The first-order valence-electron chi connectivity index (χ1n) is 6.02. The monoisotopic (exact) mass is 252 g/mol. The van der Waals surface area contributed by atoms with Crippen molar-refractivity contribution in [2.24, 2.45) is 5.16 Å². The molecule has 0 spiro atoms. The van der Waals surface area contributed by atoms with E-state index in [-0.39, 0.29) is 0 Å². The number of para-hydroxylation sites is 1. The summed E-state index contributed by atoms with van der Waals surface area (Å²) in [5.41, 5.74) is 9.82. The third-order valence-corrected chi connectivity index (χ3v) is 2.65. The first-order chi connectivity index (χ1) is 9.31. The molecule has 0 radical (unpaired) electrons. The minimum atomic E-state index is 0.412. The van der Waals surface area contributed by atoms with Crippen LogP contribution < -0.4 is 5.73 Å². The normalized spacial score (nSPS) is 10.5. The number of nitrogens with two attached hydrogens (primary N) is 1. The molecule has 0 bridgehead atoms. The molecule has 19 heavy (non-hydrogen) atoms. The average Bonchev–Trinajstić information content (AvgIpc) is 2.45. The highest BCUT2D eigenvalue weighted by Crippen LogP contribution is 2.25. The molecule has 0 aromatic heterocycles. The van der Waals surface area contributed by atoms with Crippen molar-refractivity contribution in [2.45, 2.75) is 0 Å². The molecule has 2 rings (SSSR count). The Hall–Kier alpha value is -2.55. The molecular formula is C16H16N2O. The minimum Gasteiger partial charge on any atom is -0.398 e. The zero-order valence-corrected chi connectivity index (χ0v) is 10.6. The summed E-state index contributed by atoms with van der Waals surface area (Å²) in [6.45, 7) is 3.96. The van der Waals surface area contributed by atoms with E-state index in [1.807, 2.05) is 48.5 Å². The molecule has 2 aromatic carbocycles. The summed E-state index contributed by atoms with van der Waals surface area (Å²) in [7, 11) is 0. The van der Waals surface area contributed by atoms with Crippen LogP contribution in [0.5, 0.6) is 0 Å². The van der Waals surface area contributed by atoms with Gasteiger partial charge in [-0.25, -0.2) is 0 Å². The van der Waals surface area contributed by atoms with Crippen molar-refractivity contribution < 1.29 is 4.84 Å². The number of anilines is 1. The molecule has 0 aliphatic heterocycles. The van der Waals surface area contributed by atoms with Crippen LogP contribution in [0.1, 0.15) is 5.56 Å². The maximum Gasteiger partial charge on any atom is 0.135 e. The lowest BCUT2D eigenvalue weighted by Crippen LogP contribution is -1.90. The average molecular weight is 252 g/mol. The number of hydrogen-bond donors (Lipinski definition) is 1. The Labute approximate surface area is 113 Å². The molecule has 0 unspecified atom stereocenters. The molecule has 0 heterocycles. The standard InChI is InChI=1S/C16H16N2O/c1-2-11-19-18-12-13-7-9-14(10-8-13)15-5-3-4-6-16(15)17/h2-10,12H,1,11,17H2/b18-12+. The van der Waals surface area contributed by atoms with E-state index >= 15 is 0 Å². The van der Waals surface area contributed by atoms with E-state index in [2.05, 4.69) is 11.7 Å². The summed E-state index contributed by atoms with van der Waals surface area (Å²) in [5, 5.41) is 3.83. The highest BCUT2D eigenvalue weighted by molar-refractivity contribution is 5.82. The number of nitrogen functional groups attached to an aromatic ring is 1. The van der Waals surface area contributed by atoms with E-state index in [9.17, 15) is 0 Å². The lowest BCUT2D eigenvalue weighted by Gasteiger charge is -2.05. The number of benzene rings is 2. The van der Waals surface area contributed by atoms with Gasteiger partial charge in [-0.15, -0.1) is 0 Å². The Balaban J connectivity index is 2.13. The van der Waals surface area contributed by atoms with Crippen molar-refractivity contribution in [1.29, 1.82) is 0 Å². The van der Waals surface area contributed by atoms with Gasteiger partial charge in [-0.05, 0) is 17.2 Å². The van der Waals surface area contributed by atoms with Gasteiger partial charge in [0.15, 0.2) is 0 Å². The first-order valence-corrected chi connectivity index (χ1v) is 6.02. The van der Waals surface area contributed by atoms with Crippen molar-refractivity contribution >= 4 is 11.9 Å². The summed E-state index contributed by atoms with van der Waals surface area (Å²) in [6.07, 6.45) is 3.32. The van der Waals surface area contributed by atoms with E-state index in [0.29, 0.717) is 6.61 Å². The predicted octanol–water partition coefficient (Wildman–Crippen LogP) is 3.47. The third kappa shape index (κ3) is 3.45. The number of nitrogens with zero attached hydrogens (tertiary/aromatic N) is 1. The van der Waals surface area contributed by atoms with Crippen LogP contribution in [-0.4, -0.2) is 12.8 Å². The second-order valence-corrected chi connectivity index (χ2v) is 4.03. The summed E-state index contributed by atoms with van der Waals surface area (Å²) in [4.78, 5) is 4.95. The number of hydrogen-bond acceptors (Lipinski definition) is 3. The van der Waals surface area contributed by atoms with E-state index in [4.69, 9.17) is 10.6 Å². The van der Waals surface area contributed by atoms with Gasteiger partial charge in [-0.1, -0.05) is 60.3 Å². The van der Waals surface area contributed by atoms with Crippen molar-refractivity contribution in [2.75, 3.05) is 12.3 Å². The summed E-state index contributed by atoms with van der Waals surface area (Å²) in [5.74, 6) is 0. The quantitative estimate of drug-likeness (QED) is 0.291. The van der Waals surface area contributed by atoms with Gasteiger partial charge in [0.1, 0.15) is 6.61 Å². The highest BCUT2D eigenvalue weighted by Gasteiger charge is 2.00. The Morgan fingerprint density at radius 3 is 2.53 bits per heavy atom. The van der Waals surface area contributed by atoms with Gasteiger partial charge in [0.2, 0.25) is 0 Å². The van der Waals surface area contributed by atoms with E-state index in [1.165, 1.54) is 0 Å². The Bertz CT molecular complexity index is 574. The smallest absolute Gasteiger partial charge is 0.135 e. The highest BCUT2D eigenvalue weighted by atomic mass is 16.6. The van der Waals surface area contributed by atoms with Crippen LogP contribution in [0.15, 0.2) is 66.3 Å². The van der Waals surface area contributed by atoms with Gasteiger partial charge >= 0.3 is 0 Å². The maximum absolute atomic E-state index is 5.95. The molecule has 0 saturated carbocycles. The van der Waals surface area contributed by atoms with Crippen LogP contribution >= 0.6 is 0 Å². The zero-order valence-electron chi connectivity index (χ0n) is 10.6. The molecule has 96 valence electrons. The Kier molecular flexibility index (Phi) is 4.34. The molecular weight excluding hydrogens is 236 g/mol. The second kappa shape index (κ2) is 6.40. The van der Waals surface area contributed by atoms with E-state index < -0.39 is 0 Å². The van der Waals surface area contributed by atoms with E-state index in [1.54, 1.807) is 12.3 Å². The molecule has 0 saturated heterocycles. The fourth-order valence-electron chi connectivity index (χ4n) is 1.70. The lowest BCUT2D eigenvalue weighted by atomic mass is 10.0. The van der Waals surface area contributed by atoms with Crippen LogP contribution in [0, 0.1) is 0 Å². The first kappa shape index (κ1) is 12.9. The van der Waals surface area contributed by atoms with Crippen LogP contribution in [-0.2, 0) is 4.84 Å². The molecule has 0 atom stereocenters. The van der Waals surface area contributed by atoms with Crippen LogP contribution in [0.3, 0.4) is 0 Å². The van der Waals surface area contributed by atoms with Crippen molar-refractivity contribution in [3.8, 4) is 11.1 Å². The molecule has 0 aliphatic rings. The van der Waals surface area contributed by atoms with Gasteiger partial charge in [-0.2, -0.15) is 0 Å². The number of oxime groups is 1. The van der Waals surface area contributed by atoms with Crippen LogP contribution in [0.25, 0.3) is 11.1 Å². The number of rotatable bonds is 5. The van der Waals surface area contributed by atoms with Gasteiger partial charge in [-0.3, -0.25) is 0 Å². The van der Waals surface area contributed by atoms with Gasteiger partial charge in [0, 0.05) is 11.3 Å². The molecule has 2 aromatic rings. The zero-order chi connectivity index (χ0) is 13.5. The largest absolute Gasteiger partial charge is 0.398 e. The fourth-order valence-corrected chi connectivity index (χ4v) is 1.70. The Morgan fingerprint density at radius 2 is 1.84 bits per heavy atom. The van der Waals surface area contributed by atoms with E-state index in [0.717, 1.165) is 22.4 Å². The molecule has 2 N–H and O–H groups in total. The lowest BCUT2D eigenvalue weighted by molar-refractivity contribution is 0.176. The summed E-state index contributed by atoms with van der Waals surface area (Å²) < 4.78 is 0. The fraction of sp³-hybridized carbons (Fsp3) is 0.0625. The Morgan fingerprint density at radius 1 is 1.11 bits per heavy atom. The predicted molar refractivity (Wildman–Crippen MR) is 80.0 cm³/mol. The topological polar surface area (TPSA) is 47.6 Å². The molecule has 3 nitrogen and oxygen atoms in total. The van der Waals surface area contributed by atoms with Crippen LogP contribution in [0.4, 0.5) is 5.69 Å². The van der Waals surface area contributed by atoms with Crippen molar-refractivity contribution in [1.82, 2.24) is 0 Å². The van der Waals surface area contributed by atoms with Gasteiger partial charge in [0.25, 0.3) is 0 Å². The summed E-state index contributed by atoms with van der Waals surface area (Å²) in [6, 6.07) is 15.8. The SMILES string of the molecule is C=CCO/N=C/c1ccc(-c2ccccc2N)cc1. The second-order valence-electron chi connectivity index (χ2n) is 4.03. The van der Waals surface area contributed by atoms with Crippen molar-refractivity contribution in [3.05, 3.63) is 66.7 Å².